The molecule has 0 unspecified atom stereocenters. The van der Waals surface area contributed by atoms with Gasteiger partial charge in [-0.25, -0.2) is 4.57 Å². The van der Waals surface area contributed by atoms with Crippen LogP contribution in [0.3, 0.4) is 0 Å². The molecule has 106 valence electrons. The van der Waals surface area contributed by atoms with Crippen molar-refractivity contribution in [2.75, 3.05) is 31.2 Å². The average Bonchev–Trinajstić information content (AvgIpc) is 2.50. The lowest BCUT2D eigenvalue weighted by molar-refractivity contribution is -0.688. The lowest BCUT2D eigenvalue weighted by Crippen LogP contribution is -2.38. The van der Waals surface area contributed by atoms with Gasteiger partial charge in [-0.2, -0.15) is 0 Å². The predicted octanol–water partition coefficient (Wildman–Crippen LogP) is 2.28. The normalized spacial score (nSPS) is 14.7. The highest BCUT2D eigenvalue weighted by Gasteiger charge is 2.12. The van der Waals surface area contributed by atoms with Crippen molar-refractivity contribution in [3.05, 3.63) is 60.4 Å². The molecule has 1 fully saturated rings. The Hall–Kier alpha value is -1.58. The number of anilines is 1. The molecule has 3 rings (SSSR count). The Morgan fingerprint density at radius 3 is 2.25 bits per heavy atom. The van der Waals surface area contributed by atoms with Crippen molar-refractivity contribution in [1.29, 1.82) is 0 Å². The van der Waals surface area contributed by atoms with E-state index in [2.05, 4.69) is 64.3 Å². The zero-order valence-corrected chi connectivity index (χ0v) is 12.3. The fourth-order valence-electron chi connectivity index (χ4n) is 2.38. The molecular weight excluding hydrogens is 272 g/mol. The van der Waals surface area contributed by atoms with Gasteiger partial charge in [0.05, 0.1) is 13.2 Å². The molecule has 1 aromatic carbocycles. The molecule has 2 aromatic rings. The summed E-state index contributed by atoms with van der Waals surface area (Å²) < 4.78 is 7.58. The molecule has 20 heavy (non-hydrogen) atoms. The summed E-state index contributed by atoms with van der Waals surface area (Å²) >= 11 is 0. The number of pyridine rings is 1. The van der Waals surface area contributed by atoms with Crippen molar-refractivity contribution >= 4 is 18.1 Å². The van der Waals surface area contributed by atoms with Gasteiger partial charge in [-0.05, 0) is 0 Å². The van der Waals surface area contributed by atoms with Crippen LogP contribution < -0.4 is 9.47 Å². The summed E-state index contributed by atoms with van der Waals surface area (Å²) in [6.45, 7) is 4.56. The second-order valence-electron chi connectivity index (χ2n) is 4.81. The predicted molar refractivity (Wildman–Crippen MR) is 82.5 cm³/mol. The molecule has 1 saturated heterocycles. The molecule has 1 aliphatic rings. The minimum atomic E-state index is 0. The molecule has 0 aliphatic carbocycles. The van der Waals surface area contributed by atoms with Gasteiger partial charge in [-0.1, -0.05) is 30.3 Å². The standard InChI is InChI=1S/C16H19N2O.ClH/c1-2-4-15(5-3-1)14-17-8-6-16(7-9-17)18-10-12-19-13-11-18;/h1-9H,10-14H2;1H/q+1;. The Kier molecular flexibility index (Phi) is 5.39. The van der Waals surface area contributed by atoms with Crippen molar-refractivity contribution in [3.8, 4) is 0 Å². The van der Waals surface area contributed by atoms with Crippen LogP contribution in [0, 0.1) is 0 Å². The van der Waals surface area contributed by atoms with Gasteiger partial charge in [0.2, 0.25) is 0 Å². The molecular formula is C16H20ClN2O+. The quantitative estimate of drug-likeness (QED) is 0.807. The van der Waals surface area contributed by atoms with Gasteiger partial charge < -0.3 is 9.64 Å². The highest BCUT2D eigenvalue weighted by Crippen LogP contribution is 2.13. The van der Waals surface area contributed by atoms with Gasteiger partial charge in [0.15, 0.2) is 18.9 Å². The fraction of sp³-hybridized carbons (Fsp3) is 0.312. The van der Waals surface area contributed by atoms with E-state index in [4.69, 9.17) is 4.74 Å². The topological polar surface area (TPSA) is 16.4 Å². The zero-order valence-electron chi connectivity index (χ0n) is 11.4. The van der Waals surface area contributed by atoms with Gasteiger partial charge in [0, 0.05) is 36.5 Å². The molecule has 1 aromatic heterocycles. The van der Waals surface area contributed by atoms with E-state index < -0.39 is 0 Å². The van der Waals surface area contributed by atoms with E-state index >= 15 is 0 Å². The smallest absolute Gasteiger partial charge is 0.173 e. The molecule has 0 N–H and O–H groups in total. The maximum atomic E-state index is 5.38. The fourth-order valence-corrected chi connectivity index (χ4v) is 2.38. The second kappa shape index (κ2) is 7.27. The van der Waals surface area contributed by atoms with E-state index in [1.54, 1.807) is 0 Å². The molecule has 0 atom stereocenters. The first-order valence-corrected chi connectivity index (χ1v) is 6.77. The summed E-state index contributed by atoms with van der Waals surface area (Å²) in [4.78, 5) is 2.37. The molecule has 2 heterocycles. The van der Waals surface area contributed by atoms with Gasteiger partial charge in [-0.3, -0.25) is 0 Å². The summed E-state index contributed by atoms with van der Waals surface area (Å²) in [6.07, 6.45) is 4.30. The minimum Gasteiger partial charge on any atom is -0.378 e. The molecule has 0 radical (unpaired) electrons. The van der Waals surface area contributed by atoms with Crippen LogP contribution >= 0.6 is 12.4 Å². The van der Waals surface area contributed by atoms with Crippen LogP contribution in [0.2, 0.25) is 0 Å². The molecule has 0 amide bonds. The number of aromatic nitrogens is 1. The first-order valence-electron chi connectivity index (χ1n) is 6.77. The SMILES string of the molecule is Cl.c1ccc(C[n+]2ccc(N3CCOCC3)cc2)cc1. The number of hydrogen-bond donors (Lipinski definition) is 0. The number of halogens is 1. The molecule has 3 nitrogen and oxygen atoms in total. The number of rotatable bonds is 3. The Morgan fingerprint density at radius 2 is 1.60 bits per heavy atom. The van der Waals surface area contributed by atoms with Crippen LogP contribution in [0.25, 0.3) is 0 Å². The number of hydrogen-bond acceptors (Lipinski definition) is 2. The maximum Gasteiger partial charge on any atom is 0.173 e. The van der Waals surface area contributed by atoms with Crippen LogP contribution in [0.5, 0.6) is 0 Å². The zero-order chi connectivity index (χ0) is 12.9. The average molecular weight is 292 g/mol. The van der Waals surface area contributed by atoms with Crippen molar-refractivity contribution in [1.82, 2.24) is 0 Å². The first-order chi connectivity index (χ1) is 9.42. The van der Waals surface area contributed by atoms with Crippen molar-refractivity contribution < 1.29 is 9.30 Å². The molecule has 4 heteroatoms. The number of morpholine rings is 1. The molecule has 1 aliphatic heterocycles. The van der Waals surface area contributed by atoms with Crippen molar-refractivity contribution in [3.63, 3.8) is 0 Å². The third-order valence-electron chi connectivity index (χ3n) is 3.46. The third kappa shape index (κ3) is 3.71. The van der Waals surface area contributed by atoms with Crippen LogP contribution in [0.1, 0.15) is 5.56 Å². The third-order valence-corrected chi connectivity index (χ3v) is 3.46. The summed E-state index contributed by atoms with van der Waals surface area (Å²) in [5.74, 6) is 0. The summed E-state index contributed by atoms with van der Waals surface area (Å²) in [5, 5.41) is 0. The monoisotopic (exact) mass is 291 g/mol. The second-order valence-corrected chi connectivity index (χ2v) is 4.81. The van der Waals surface area contributed by atoms with Gasteiger partial charge >= 0.3 is 0 Å². The van der Waals surface area contributed by atoms with Crippen LogP contribution in [-0.4, -0.2) is 26.3 Å². The van der Waals surface area contributed by atoms with Crippen LogP contribution in [0.15, 0.2) is 54.9 Å². The molecule has 0 bridgehead atoms. The highest BCUT2D eigenvalue weighted by molar-refractivity contribution is 5.85. The van der Waals surface area contributed by atoms with E-state index in [1.165, 1.54) is 11.3 Å². The first kappa shape index (κ1) is 14.8. The molecule has 0 spiro atoms. The van der Waals surface area contributed by atoms with Crippen LogP contribution in [0.4, 0.5) is 5.69 Å². The summed E-state index contributed by atoms with van der Waals surface area (Å²) in [6, 6.07) is 14.9. The molecule has 0 saturated carbocycles. The van der Waals surface area contributed by atoms with E-state index in [0.717, 1.165) is 32.8 Å². The lowest BCUT2D eigenvalue weighted by Gasteiger charge is -2.28. The van der Waals surface area contributed by atoms with Crippen molar-refractivity contribution in [2.45, 2.75) is 6.54 Å². The van der Waals surface area contributed by atoms with Gasteiger partial charge in [0.25, 0.3) is 0 Å². The Bertz CT molecular complexity index is 510. The van der Waals surface area contributed by atoms with Crippen molar-refractivity contribution in [2.24, 2.45) is 0 Å². The highest BCUT2D eigenvalue weighted by atomic mass is 35.5. The number of nitrogens with zero attached hydrogens (tertiary/aromatic N) is 2. The van der Waals surface area contributed by atoms with E-state index in [-0.39, 0.29) is 12.4 Å². The lowest BCUT2D eigenvalue weighted by atomic mass is 10.2. The van der Waals surface area contributed by atoms with Gasteiger partial charge in [0.1, 0.15) is 0 Å². The van der Waals surface area contributed by atoms with E-state index in [0.29, 0.717) is 0 Å². The van der Waals surface area contributed by atoms with E-state index in [1.807, 2.05) is 0 Å². The summed E-state index contributed by atoms with van der Waals surface area (Å²) in [5.41, 5.74) is 2.61. The Balaban J connectivity index is 0.00000147. The minimum absolute atomic E-state index is 0. The number of ether oxygens (including phenoxy) is 1. The largest absolute Gasteiger partial charge is 0.378 e. The van der Waals surface area contributed by atoms with Crippen LogP contribution in [-0.2, 0) is 11.3 Å². The maximum absolute atomic E-state index is 5.38. The van der Waals surface area contributed by atoms with Gasteiger partial charge in [-0.15, -0.1) is 12.4 Å². The Labute approximate surface area is 126 Å². The van der Waals surface area contributed by atoms with E-state index in [9.17, 15) is 0 Å². The summed E-state index contributed by atoms with van der Waals surface area (Å²) in [7, 11) is 0. The number of benzene rings is 1. The Morgan fingerprint density at radius 1 is 0.950 bits per heavy atom.